The molecule has 0 aromatic carbocycles. The highest BCUT2D eigenvalue weighted by Gasteiger charge is 1.94. The molecule has 0 spiro atoms. The van der Waals surface area contributed by atoms with Gasteiger partial charge in [-0.3, -0.25) is 0 Å². The van der Waals surface area contributed by atoms with E-state index in [1.54, 1.807) is 5.48 Å². The van der Waals surface area contributed by atoms with Crippen LogP contribution >= 0.6 is 0 Å². The van der Waals surface area contributed by atoms with Gasteiger partial charge in [-0.25, -0.2) is 0 Å². The minimum absolute atomic E-state index is 0.306. The zero-order chi connectivity index (χ0) is 6.41. The smallest absolute Gasteiger partial charge is 0.0961 e. The number of hydrogen-bond acceptors (Lipinski definition) is 3. The summed E-state index contributed by atoms with van der Waals surface area (Å²) in [4.78, 5) is 0. The number of ether oxygens (including phenoxy) is 1. The van der Waals surface area contributed by atoms with Crippen LogP contribution in [-0.4, -0.2) is 12.8 Å². The maximum atomic E-state index is 9.88. The van der Waals surface area contributed by atoms with Crippen LogP contribution in [0.2, 0.25) is 0 Å². The third-order valence-electron chi connectivity index (χ3n) is 0.870. The summed E-state index contributed by atoms with van der Waals surface area (Å²) >= 11 is 0. The molecule has 50 valence electrons. The molecule has 1 N–H and O–H groups in total. The van der Waals surface area contributed by atoms with E-state index in [-0.39, 0.29) is 6.23 Å². The summed E-state index contributed by atoms with van der Waals surface area (Å²) < 4.78 is 4.92. The molecule has 0 saturated carbocycles. The van der Waals surface area contributed by atoms with Crippen molar-refractivity contribution in [3.8, 4) is 0 Å². The third-order valence-corrected chi connectivity index (χ3v) is 0.870. The van der Waals surface area contributed by atoms with Crippen LogP contribution in [0, 0.1) is 5.21 Å². The Morgan fingerprint density at radius 2 is 2.25 bits per heavy atom. The summed E-state index contributed by atoms with van der Waals surface area (Å²) in [5.41, 5.74) is 1.78. The first kappa shape index (κ1) is 7.88. The molecule has 1 atom stereocenters. The lowest BCUT2D eigenvalue weighted by atomic mass is 10.4. The Kier molecular flexibility index (Phi) is 4.95. The van der Waals surface area contributed by atoms with Gasteiger partial charge >= 0.3 is 0 Å². The first-order chi connectivity index (χ1) is 3.85. The maximum Gasteiger partial charge on any atom is 0.0961 e. The predicted molar refractivity (Wildman–Crippen MR) is 32.2 cm³/mol. The van der Waals surface area contributed by atoms with Crippen molar-refractivity contribution in [3.63, 3.8) is 0 Å². The van der Waals surface area contributed by atoms with E-state index in [0.29, 0.717) is 6.61 Å². The largest absolute Gasteiger partial charge is 0.786 e. The van der Waals surface area contributed by atoms with Gasteiger partial charge in [0.2, 0.25) is 0 Å². The SMILES string of the molecule is CCOC(CC)N[O-]. The van der Waals surface area contributed by atoms with Gasteiger partial charge in [0.15, 0.2) is 0 Å². The van der Waals surface area contributed by atoms with Crippen molar-refractivity contribution in [3.05, 3.63) is 5.21 Å². The first-order valence-corrected chi connectivity index (χ1v) is 2.84. The van der Waals surface area contributed by atoms with Crippen LogP contribution < -0.4 is 5.48 Å². The Balaban J connectivity index is 3.07. The molecule has 0 aromatic heterocycles. The quantitative estimate of drug-likeness (QED) is 0.439. The highest BCUT2D eigenvalue weighted by atomic mass is 16.6. The Hall–Kier alpha value is -0.120. The molecule has 0 bridgehead atoms. The molecule has 0 radical (unpaired) electrons. The van der Waals surface area contributed by atoms with Crippen LogP contribution in [0.25, 0.3) is 0 Å². The molecule has 0 aliphatic rings. The van der Waals surface area contributed by atoms with E-state index in [1.807, 2.05) is 13.8 Å². The van der Waals surface area contributed by atoms with Gasteiger partial charge in [-0.2, -0.15) is 0 Å². The minimum Gasteiger partial charge on any atom is -0.786 e. The van der Waals surface area contributed by atoms with Gasteiger partial charge in [0, 0.05) is 6.61 Å². The Morgan fingerprint density at radius 3 is 2.38 bits per heavy atom. The van der Waals surface area contributed by atoms with E-state index in [1.165, 1.54) is 0 Å². The normalized spacial score (nSPS) is 13.9. The van der Waals surface area contributed by atoms with Crippen molar-refractivity contribution in [2.75, 3.05) is 6.61 Å². The van der Waals surface area contributed by atoms with E-state index in [0.717, 1.165) is 6.42 Å². The average molecular weight is 118 g/mol. The van der Waals surface area contributed by atoms with E-state index >= 15 is 0 Å². The second kappa shape index (κ2) is 5.03. The lowest BCUT2D eigenvalue weighted by Crippen LogP contribution is -2.25. The van der Waals surface area contributed by atoms with Crippen molar-refractivity contribution in [1.82, 2.24) is 5.48 Å². The Labute approximate surface area is 49.6 Å². The van der Waals surface area contributed by atoms with E-state index in [9.17, 15) is 5.21 Å². The standard InChI is InChI=1S/C5H12NO2/c1-3-5(6-7)8-4-2/h5-6H,3-4H2,1-2H3/q-1. The number of nitrogens with one attached hydrogen (secondary N) is 1. The molecule has 0 aliphatic carbocycles. The zero-order valence-corrected chi connectivity index (χ0v) is 5.31. The van der Waals surface area contributed by atoms with E-state index < -0.39 is 0 Å². The fourth-order valence-electron chi connectivity index (χ4n) is 0.436. The molecule has 0 amide bonds. The molecule has 3 heteroatoms. The molecule has 0 fully saturated rings. The maximum absolute atomic E-state index is 9.88. The summed E-state index contributed by atoms with van der Waals surface area (Å²) in [6, 6.07) is 0. The molecule has 0 saturated heterocycles. The number of hydrogen-bond donors (Lipinski definition) is 1. The third kappa shape index (κ3) is 2.96. The van der Waals surface area contributed by atoms with E-state index in [2.05, 4.69) is 0 Å². The van der Waals surface area contributed by atoms with Gasteiger partial charge in [0.1, 0.15) is 0 Å². The fraction of sp³-hybridized carbons (Fsp3) is 1.00. The molecule has 0 heterocycles. The lowest BCUT2D eigenvalue weighted by molar-refractivity contribution is 0.0458. The molecule has 1 unspecified atom stereocenters. The minimum atomic E-state index is -0.306. The van der Waals surface area contributed by atoms with Crippen LogP contribution in [0.3, 0.4) is 0 Å². The van der Waals surface area contributed by atoms with Crippen molar-refractivity contribution in [1.29, 1.82) is 0 Å². The van der Waals surface area contributed by atoms with Crippen molar-refractivity contribution >= 4 is 0 Å². The highest BCUT2D eigenvalue weighted by Crippen LogP contribution is 1.90. The molecule has 3 nitrogen and oxygen atoms in total. The Morgan fingerprint density at radius 1 is 1.62 bits per heavy atom. The zero-order valence-electron chi connectivity index (χ0n) is 5.31. The topological polar surface area (TPSA) is 44.3 Å². The second-order valence-corrected chi connectivity index (χ2v) is 1.47. The summed E-state index contributed by atoms with van der Waals surface area (Å²) in [5, 5.41) is 9.88. The molecule has 8 heavy (non-hydrogen) atoms. The van der Waals surface area contributed by atoms with Gasteiger partial charge in [0.25, 0.3) is 0 Å². The van der Waals surface area contributed by atoms with Crippen LogP contribution in [0.1, 0.15) is 20.3 Å². The van der Waals surface area contributed by atoms with Crippen molar-refractivity contribution < 1.29 is 4.74 Å². The van der Waals surface area contributed by atoms with Gasteiger partial charge < -0.3 is 15.4 Å². The fourth-order valence-corrected chi connectivity index (χ4v) is 0.436. The second-order valence-electron chi connectivity index (χ2n) is 1.47. The molecule has 0 aromatic rings. The molecule has 0 aliphatic heterocycles. The summed E-state index contributed by atoms with van der Waals surface area (Å²) in [7, 11) is 0. The molecular weight excluding hydrogens is 106 g/mol. The van der Waals surface area contributed by atoms with Crippen LogP contribution in [0.4, 0.5) is 0 Å². The van der Waals surface area contributed by atoms with Crippen LogP contribution in [-0.2, 0) is 4.74 Å². The van der Waals surface area contributed by atoms with Crippen LogP contribution in [0.15, 0.2) is 0 Å². The summed E-state index contributed by atoms with van der Waals surface area (Å²) in [5.74, 6) is 0. The highest BCUT2D eigenvalue weighted by molar-refractivity contribution is 4.49. The van der Waals surface area contributed by atoms with Gasteiger partial charge in [-0.1, -0.05) is 6.92 Å². The van der Waals surface area contributed by atoms with Gasteiger partial charge in [-0.15, -0.1) is 0 Å². The van der Waals surface area contributed by atoms with Crippen molar-refractivity contribution in [2.24, 2.45) is 0 Å². The number of rotatable bonds is 4. The first-order valence-electron chi connectivity index (χ1n) is 2.84. The predicted octanol–water partition coefficient (Wildman–Crippen LogP) is 0.846. The Bertz CT molecular complexity index is 45.7. The molecule has 0 rings (SSSR count). The van der Waals surface area contributed by atoms with E-state index in [4.69, 9.17) is 4.74 Å². The van der Waals surface area contributed by atoms with Gasteiger partial charge in [0.05, 0.1) is 6.23 Å². The average Bonchev–Trinajstić information content (AvgIpc) is 1.83. The monoisotopic (exact) mass is 118 g/mol. The summed E-state index contributed by atoms with van der Waals surface area (Å²) in [6.45, 7) is 4.35. The number of hydroxylamine groups is 1. The lowest BCUT2D eigenvalue weighted by Gasteiger charge is -2.19. The molecular formula is C5H12NO2-. The summed E-state index contributed by atoms with van der Waals surface area (Å²) in [6.07, 6.45) is 0.414. The van der Waals surface area contributed by atoms with Crippen LogP contribution in [0.5, 0.6) is 0 Å². The van der Waals surface area contributed by atoms with Crippen molar-refractivity contribution in [2.45, 2.75) is 26.5 Å². The van der Waals surface area contributed by atoms with Gasteiger partial charge in [-0.05, 0) is 13.3 Å².